The molecule has 0 bridgehead atoms. The maximum Gasteiger partial charge on any atom is 0.0208 e. The topological polar surface area (TPSA) is 12.0 Å². The maximum atomic E-state index is 3.89. The van der Waals surface area contributed by atoms with Crippen LogP contribution < -0.4 is 5.32 Å². The molecule has 0 amide bonds. The maximum absolute atomic E-state index is 3.89. The molecule has 0 saturated carbocycles. The van der Waals surface area contributed by atoms with Gasteiger partial charge in [-0.15, -0.1) is 6.58 Å². The predicted molar refractivity (Wildman–Crippen MR) is 86.7 cm³/mol. The molecule has 0 aliphatic rings. The highest BCUT2D eigenvalue weighted by molar-refractivity contribution is 5.21. The van der Waals surface area contributed by atoms with Gasteiger partial charge in [-0.05, 0) is 23.5 Å². The van der Waals surface area contributed by atoms with Gasteiger partial charge in [-0.3, -0.25) is 0 Å². The van der Waals surface area contributed by atoms with Gasteiger partial charge in [0.2, 0.25) is 0 Å². The molecule has 0 spiro atoms. The standard InChI is InChI=1S/C19H23N/c1-3-10-19(16(2)18-13-8-5-9-14-18)20-15-17-11-6-4-7-12-17/h3-9,11-14,16,19-20H,1,10,15H2,2H3/t16-,19-/m0/s1. The second-order valence-corrected chi connectivity index (χ2v) is 5.20. The summed E-state index contributed by atoms with van der Waals surface area (Å²) >= 11 is 0. The molecule has 1 N–H and O–H groups in total. The van der Waals surface area contributed by atoms with Crippen LogP contribution in [0.15, 0.2) is 73.3 Å². The fourth-order valence-electron chi connectivity index (χ4n) is 2.48. The van der Waals surface area contributed by atoms with Crippen LogP contribution in [0.1, 0.15) is 30.4 Å². The van der Waals surface area contributed by atoms with Crippen molar-refractivity contribution >= 4 is 0 Å². The van der Waals surface area contributed by atoms with Crippen LogP contribution in [-0.2, 0) is 6.54 Å². The molecule has 1 heteroatoms. The molecule has 0 heterocycles. The van der Waals surface area contributed by atoms with Crippen LogP contribution >= 0.6 is 0 Å². The minimum absolute atomic E-state index is 0.412. The molecule has 2 atom stereocenters. The van der Waals surface area contributed by atoms with E-state index in [0.29, 0.717) is 12.0 Å². The molecule has 0 aromatic heterocycles. The number of hydrogen-bond donors (Lipinski definition) is 1. The van der Waals surface area contributed by atoms with E-state index in [4.69, 9.17) is 0 Å². The Morgan fingerprint density at radius 1 is 1.00 bits per heavy atom. The van der Waals surface area contributed by atoms with Crippen molar-refractivity contribution in [1.82, 2.24) is 5.32 Å². The van der Waals surface area contributed by atoms with Gasteiger partial charge in [0.15, 0.2) is 0 Å². The van der Waals surface area contributed by atoms with Gasteiger partial charge in [0, 0.05) is 12.6 Å². The SMILES string of the molecule is C=CC[C@H](NCc1ccccc1)[C@@H](C)c1ccccc1. The lowest BCUT2D eigenvalue weighted by Crippen LogP contribution is -2.33. The van der Waals surface area contributed by atoms with Crippen molar-refractivity contribution < 1.29 is 0 Å². The molecule has 104 valence electrons. The zero-order chi connectivity index (χ0) is 14.2. The molecule has 2 aromatic rings. The van der Waals surface area contributed by atoms with Crippen LogP contribution in [0.4, 0.5) is 0 Å². The van der Waals surface area contributed by atoms with E-state index in [0.717, 1.165) is 13.0 Å². The van der Waals surface area contributed by atoms with Crippen molar-refractivity contribution in [3.63, 3.8) is 0 Å². The first-order valence-electron chi connectivity index (χ1n) is 7.24. The smallest absolute Gasteiger partial charge is 0.0208 e. The Labute approximate surface area is 122 Å². The van der Waals surface area contributed by atoms with Gasteiger partial charge in [-0.25, -0.2) is 0 Å². The summed E-state index contributed by atoms with van der Waals surface area (Å²) in [7, 11) is 0. The molecule has 0 aliphatic heterocycles. The van der Waals surface area contributed by atoms with E-state index in [1.807, 2.05) is 6.08 Å². The van der Waals surface area contributed by atoms with Gasteiger partial charge < -0.3 is 5.32 Å². The molecular formula is C19H23N. The molecule has 0 unspecified atom stereocenters. The van der Waals surface area contributed by atoms with Crippen LogP contribution in [0.25, 0.3) is 0 Å². The van der Waals surface area contributed by atoms with Crippen molar-refractivity contribution in [3.8, 4) is 0 Å². The lowest BCUT2D eigenvalue weighted by atomic mass is 9.91. The van der Waals surface area contributed by atoms with E-state index in [1.54, 1.807) is 0 Å². The fourth-order valence-corrected chi connectivity index (χ4v) is 2.48. The van der Waals surface area contributed by atoms with Crippen molar-refractivity contribution in [2.24, 2.45) is 0 Å². The summed E-state index contributed by atoms with van der Waals surface area (Å²) in [5.74, 6) is 0.470. The van der Waals surface area contributed by atoms with Gasteiger partial charge in [0.25, 0.3) is 0 Å². The zero-order valence-corrected chi connectivity index (χ0v) is 12.1. The summed E-state index contributed by atoms with van der Waals surface area (Å²) in [4.78, 5) is 0. The van der Waals surface area contributed by atoms with E-state index in [9.17, 15) is 0 Å². The van der Waals surface area contributed by atoms with Crippen LogP contribution in [0.3, 0.4) is 0 Å². The summed E-state index contributed by atoms with van der Waals surface area (Å²) in [5.41, 5.74) is 2.70. The van der Waals surface area contributed by atoms with Crippen LogP contribution in [0.5, 0.6) is 0 Å². The minimum atomic E-state index is 0.412. The van der Waals surface area contributed by atoms with Crippen molar-refractivity contribution in [2.75, 3.05) is 0 Å². The Balaban J connectivity index is 2.01. The quantitative estimate of drug-likeness (QED) is 0.726. The fraction of sp³-hybridized carbons (Fsp3) is 0.263. The average molecular weight is 265 g/mol. The third kappa shape index (κ3) is 4.07. The largest absolute Gasteiger partial charge is 0.309 e. The summed E-state index contributed by atoms with van der Waals surface area (Å²) in [6.45, 7) is 7.07. The van der Waals surface area contributed by atoms with Gasteiger partial charge in [-0.1, -0.05) is 73.7 Å². The first-order valence-corrected chi connectivity index (χ1v) is 7.24. The second kappa shape index (κ2) is 7.66. The lowest BCUT2D eigenvalue weighted by molar-refractivity contribution is 0.451. The Morgan fingerprint density at radius 2 is 1.60 bits per heavy atom. The Morgan fingerprint density at radius 3 is 2.20 bits per heavy atom. The van der Waals surface area contributed by atoms with Crippen molar-refractivity contribution in [1.29, 1.82) is 0 Å². The van der Waals surface area contributed by atoms with Crippen molar-refractivity contribution in [3.05, 3.63) is 84.4 Å². The highest BCUT2D eigenvalue weighted by Crippen LogP contribution is 2.21. The van der Waals surface area contributed by atoms with Crippen molar-refractivity contribution in [2.45, 2.75) is 31.8 Å². The first-order chi connectivity index (χ1) is 9.81. The van der Waals surface area contributed by atoms with Gasteiger partial charge in [0.1, 0.15) is 0 Å². The summed E-state index contributed by atoms with van der Waals surface area (Å²) < 4.78 is 0. The van der Waals surface area contributed by atoms with Gasteiger partial charge in [0.05, 0.1) is 0 Å². The summed E-state index contributed by atoms with van der Waals surface area (Å²) in [6.07, 6.45) is 2.98. The van der Waals surface area contributed by atoms with Crippen LogP contribution in [0.2, 0.25) is 0 Å². The van der Waals surface area contributed by atoms with E-state index >= 15 is 0 Å². The van der Waals surface area contributed by atoms with E-state index in [1.165, 1.54) is 11.1 Å². The van der Waals surface area contributed by atoms with Crippen LogP contribution in [-0.4, -0.2) is 6.04 Å². The van der Waals surface area contributed by atoms with Gasteiger partial charge in [-0.2, -0.15) is 0 Å². The number of hydrogen-bond acceptors (Lipinski definition) is 1. The van der Waals surface area contributed by atoms with E-state index < -0.39 is 0 Å². The second-order valence-electron chi connectivity index (χ2n) is 5.20. The molecule has 0 radical (unpaired) electrons. The Hall–Kier alpha value is -1.86. The molecule has 2 rings (SSSR count). The number of benzene rings is 2. The Bertz CT molecular complexity index is 504. The molecule has 2 aromatic carbocycles. The molecule has 0 saturated heterocycles. The molecule has 1 nitrogen and oxygen atoms in total. The first kappa shape index (κ1) is 14.5. The average Bonchev–Trinajstić information content (AvgIpc) is 2.52. The van der Waals surface area contributed by atoms with Crippen LogP contribution in [0, 0.1) is 0 Å². The molecule has 0 aliphatic carbocycles. The number of rotatable bonds is 7. The minimum Gasteiger partial charge on any atom is -0.309 e. The highest BCUT2D eigenvalue weighted by Gasteiger charge is 2.16. The normalized spacial score (nSPS) is 13.7. The Kier molecular flexibility index (Phi) is 5.57. The number of nitrogens with one attached hydrogen (secondary N) is 1. The summed E-state index contributed by atoms with van der Waals surface area (Å²) in [6, 6.07) is 21.6. The van der Waals surface area contributed by atoms with Gasteiger partial charge >= 0.3 is 0 Å². The highest BCUT2D eigenvalue weighted by atomic mass is 14.9. The van der Waals surface area contributed by atoms with E-state index in [2.05, 4.69) is 79.5 Å². The lowest BCUT2D eigenvalue weighted by Gasteiger charge is -2.25. The zero-order valence-electron chi connectivity index (χ0n) is 12.1. The predicted octanol–water partition coefficient (Wildman–Crippen LogP) is 4.52. The molecule has 0 fully saturated rings. The monoisotopic (exact) mass is 265 g/mol. The summed E-state index contributed by atoms with van der Waals surface area (Å²) in [5, 5.41) is 3.66. The molecule has 20 heavy (non-hydrogen) atoms. The third-order valence-electron chi connectivity index (χ3n) is 3.76. The third-order valence-corrected chi connectivity index (χ3v) is 3.76. The molecular weight excluding hydrogens is 242 g/mol. The van der Waals surface area contributed by atoms with E-state index in [-0.39, 0.29) is 0 Å².